The van der Waals surface area contributed by atoms with Gasteiger partial charge in [0.25, 0.3) is 0 Å². The number of quaternary nitrogens is 4. The number of hydrogen-bond acceptors (Lipinski definition) is 0. The molecule has 4 aromatic rings. The zero-order chi connectivity index (χ0) is 33.0. The molecule has 46 heavy (non-hydrogen) atoms. The molecule has 0 spiro atoms. The van der Waals surface area contributed by atoms with E-state index in [1.165, 1.54) is 70.7 Å². The first kappa shape index (κ1) is 34.1. The van der Waals surface area contributed by atoms with Crippen molar-refractivity contribution in [3.05, 3.63) is 119 Å². The summed E-state index contributed by atoms with van der Waals surface area (Å²) >= 11 is 0. The maximum atomic E-state index is 2.35. The first-order chi connectivity index (χ1) is 21.7. The minimum Gasteiger partial charge on any atom is -0.296 e. The Morgan fingerprint density at radius 2 is 0.457 bits per heavy atom. The molecule has 0 radical (unpaired) electrons. The molecule has 7 aliphatic heterocycles. The first-order valence-electron chi connectivity index (χ1n) is 17.4. The van der Waals surface area contributed by atoms with Crippen molar-refractivity contribution in [1.29, 1.82) is 0 Å². The lowest BCUT2D eigenvalue weighted by molar-refractivity contribution is 0.347. The minimum atomic E-state index is 0.918. The van der Waals surface area contributed by atoms with Crippen LogP contribution in [0.15, 0.2) is 97.1 Å². The molecule has 0 aromatic heterocycles. The molecular formula is C42H60N4+4. The van der Waals surface area contributed by atoms with Gasteiger partial charge in [0, 0.05) is 25.7 Å². The fraction of sp³-hybridized carbons (Fsp3) is 0.429. The molecule has 244 valence electrons. The third-order valence-corrected chi connectivity index (χ3v) is 10.7. The van der Waals surface area contributed by atoms with Gasteiger partial charge >= 0.3 is 0 Å². The van der Waals surface area contributed by atoms with Crippen molar-refractivity contribution in [2.75, 3.05) is 82.6 Å². The molecule has 0 fully saturated rings. The fourth-order valence-electron chi connectivity index (χ4n) is 7.09. The molecule has 0 aliphatic carbocycles. The van der Waals surface area contributed by atoms with E-state index in [9.17, 15) is 0 Å². The highest BCUT2D eigenvalue weighted by molar-refractivity contribution is 5.48. The van der Waals surface area contributed by atoms with Gasteiger partial charge in [-0.1, -0.05) is 48.5 Å². The average Bonchev–Trinajstić information content (AvgIpc) is 3.02. The average molecular weight is 621 g/mol. The quantitative estimate of drug-likeness (QED) is 0.173. The van der Waals surface area contributed by atoms with E-state index >= 15 is 0 Å². The highest BCUT2D eigenvalue weighted by Gasteiger charge is 2.24. The van der Waals surface area contributed by atoms with Crippen molar-refractivity contribution in [1.82, 2.24) is 17.9 Å². The highest BCUT2D eigenvalue weighted by Crippen LogP contribution is 2.27. The Balaban J connectivity index is 1.34. The van der Waals surface area contributed by atoms with Gasteiger partial charge in [0.2, 0.25) is 0 Å². The summed E-state index contributed by atoms with van der Waals surface area (Å²) in [6.45, 7) is 4.57. The van der Waals surface area contributed by atoms with Crippen molar-refractivity contribution in [2.24, 2.45) is 0 Å². The second kappa shape index (κ2) is 13.8. The molecule has 11 rings (SSSR count). The van der Waals surface area contributed by atoms with Crippen LogP contribution in [0.25, 0.3) is 0 Å². The molecule has 0 amide bonds. The zero-order valence-electron chi connectivity index (χ0n) is 30.1. The topological polar surface area (TPSA) is 0 Å². The normalized spacial score (nSPS) is 20.0. The molecule has 4 heteroatoms. The standard InChI is InChI=1S/C42H60N4/c1-43(2)29-9-10-30-44(3,4)40-23-17-37(18-24-40)34-38-19-27-42(28-20-38)46(7,8)32-12-11-31-45(5,6)41-25-15-36(16-26-41)33-35-13-21-39(43)22-14-35/h13-28H,9-12,29-34H2,1-8H3/q+4. The maximum absolute atomic E-state index is 2.35. The van der Waals surface area contributed by atoms with Crippen LogP contribution < -0.4 is 17.9 Å². The predicted octanol–water partition coefficient (Wildman–Crippen LogP) is 8.41. The summed E-state index contributed by atoms with van der Waals surface area (Å²) < 4.78 is 3.67. The van der Waals surface area contributed by atoms with Crippen molar-refractivity contribution < 1.29 is 0 Å². The van der Waals surface area contributed by atoms with Crippen molar-refractivity contribution in [2.45, 2.75) is 38.5 Å². The monoisotopic (exact) mass is 620 g/mol. The van der Waals surface area contributed by atoms with Crippen LogP contribution in [0.4, 0.5) is 22.7 Å². The molecule has 0 N–H and O–H groups in total. The zero-order valence-corrected chi connectivity index (χ0v) is 30.1. The molecule has 0 atom stereocenters. The van der Waals surface area contributed by atoms with Crippen LogP contribution in [0.1, 0.15) is 47.9 Å². The Kier molecular flexibility index (Phi) is 10.2. The molecule has 4 aromatic carbocycles. The number of benzene rings is 4. The van der Waals surface area contributed by atoms with Crippen molar-refractivity contribution >= 4 is 22.7 Å². The summed E-state index contributed by atoms with van der Waals surface area (Å²) in [5.41, 5.74) is 11.1. The SMILES string of the molecule is C[N+]1(C)CCCC[N+](C)(C)c2ccc(cc2)Cc2ccc(cc2)[N+](C)(C)CCCC[N+](C)(C)c2ccc(cc2)Cc2ccc1cc2. The van der Waals surface area contributed by atoms with Gasteiger partial charge in [-0.25, -0.2) is 0 Å². The lowest BCUT2D eigenvalue weighted by Crippen LogP contribution is -2.43. The molecule has 0 saturated heterocycles. The number of rotatable bonds is 0. The summed E-state index contributed by atoms with van der Waals surface area (Å²) in [7, 11) is 18.8. The van der Waals surface area contributed by atoms with Gasteiger partial charge in [0.15, 0.2) is 0 Å². The molecular weight excluding hydrogens is 560 g/mol. The van der Waals surface area contributed by atoms with Gasteiger partial charge < -0.3 is 0 Å². The molecule has 7 heterocycles. The fourth-order valence-corrected chi connectivity index (χ4v) is 7.09. The Morgan fingerprint density at radius 3 is 0.630 bits per heavy atom. The van der Waals surface area contributed by atoms with Crippen LogP contribution in [0.3, 0.4) is 0 Å². The summed E-state index contributed by atoms with van der Waals surface area (Å²) in [5, 5.41) is 0. The van der Waals surface area contributed by atoms with Crippen molar-refractivity contribution in [3.8, 4) is 0 Å². The second-order valence-corrected chi connectivity index (χ2v) is 16.1. The summed E-state index contributed by atoms with van der Waals surface area (Å²) in [4.78, 5) is 0. The van der Waals surface area contributed by atoms with E-state index < -0.39 is 0 Å². The van der Waals surface area contributed by atoms with Crippen LogP contribution in [-0.4, -0.2) is 82.6 Å². The Bertz CT molecular complexity index is 1300. The maximum Gasteiger partial charge on any atom is 0.132 e. The summed E-state index contributed by atoms with van der Waals surface area (Å²) in [6, 6.07) is 37.4. The largest absolute Gasteiger partial charge is 0.296 e. The summed E-state index contributed by atoms with van der Waals surface area (Å²) in [5.74, 6) is 0. The van der Waals surface area contributed by atoms with Gasteiger partial charge in [0.05, 0.1) is 82.6 Å². The van der Waals surface area contributed by atoms with E-state index in [0.717, 1.165) is 57.0 Å². The Labute approximate surface area is 280 Å². The third kappa shape index (κ3) is 8.54. The minimum absolute atomic E-state index is 0.918. The predicted molar refractivity (Wildman–Crippen MR) is 204 cm³/mol. The van der Waals surface area contributed by atoms with Gasteiger partial charge in [0.1, 0.15) is 22.7 Å². The summed E-state index contributed by atoms with van der Waals surface area (Å²) in [6.07, 6.45) is 6.79. The van der Waals surface area contributed by atoms with Gasteiger partial charge in [-0.05, 0) is 83.6 Å². The third-order valence-electron chi connectivity index (χ3n) is 10.7. The number of nitrogens with zero attached hydrogens (tertiary/aromatic N) is 4. The van der Waals surface area contributed by atoms with Crippen molar-refractivity contribution in [3.63, 3.8) is 0 Å². The van der Waals surface area contributed by atoms with E-state index in [0.29, 0.717) is 0 Å². The second-order valence-electron chi connectivity index (χ2n) is 16.1. The van der Waals surface area contributed by atoms with Crippen LogP contribution in [0.2, 0.25) is 0 Å². The van der Waals surface area contributed by atoms with Crippen LogP contribution in [-0.2, 0) is 12.8 Å². The highest BCUT2D eigenvalue weighted by atomic mass is 15.3. The molecule has 0 unspecified atom stereocenters. The van der Waals surface area contributed by atoms with Crippen LogP contribution in [0.5, 0.6) is 0 Å². The molecule has 4 nitrogen and oxygen atoms in total. The first-order valence-corrected chi connectivity index (χ1v) is 17.4. The smallest absolute Gasteiger partial charge is 0.132 e. The van der Waals surface area contributed by atoms with Gasteiger partial charge in [-0.3, -0.25) is 17.9 Å². The van der Waals surface area contributed by atoms with Gasteiger partial charge in [-0.2, -0.15) is 0 Å². The van der Waals surface area contributed by atoms with Crippen LogP contribution >= 0.6 is 0 Å². The molecule has 0 saturated carbocycles. The molecule has 7 aliphatic rings. The Morgan fingerprint density at radius 1 is 0.283 bits per heavy atom. The lowest BCUT2D eigenvalue weighted by atomic mass is 10.0. The number of hydrogen-bond donors (Lipinski definition) is 0. The van der Waals surface area contributed by atoms with E-state index in [2.05, 4.69) is 153 Å². The van der Waals surface area contributed by atoms with E-state index in [1.807, 2.05) is 0 Å². The Hall–Kier alpha value is -3.28. The lowest BCUT2D eigenvalue weighted by Gasteiger charge is -2.32. The van der Waals surface area contributed by atoms with E-state index in [4.69, 9.17) is 0 Å². The van der Waals surface area contributed by atoms with E-state index in [1.54, 1.807) is 0 Å². The molecule has 8 bridgehead atoms. The van der Waals surface area contributed by atoms with Gasteiger partial charge in [-0.15, -0.1) is 0 Å². The van der Waals surface area contributed by atoms with Crippen LogP contribution in [0, 0.1) is 0 Å². The van der Waals surface area contributed by atoms with E-state index in [-0.39, 0.29) is 0 Å².